The fourth-order valence-electron chi connectivity index (χ4n) is 1.62. The molecule has 106 valence electrons. The van der Waals surface area contributed by atoms with Crippen molar-refractivity contribution in [3.8, 4) is 11.5 Å². The Bertz CT molecular complexity index is 471. The normalized spacial score (nSPS) is 12.2. The van der Waals surface area contributed by atoms with Crippen LogP contribution in [-0.4, -0.2) is 22.4 Å². The molecule has 5 heteroatoms. The van der Waals surface area contributed by atoms with Gasteiger partial charge in [0.2, 0.25) is 16.6 Å². The molecule has 0 saturated heterocycles. The van der Waals surface area contributed by atoms with E-state index < -0.39 is 16.6 Å². The smallest absolute Gasteiger partial charge is 0.242 e. The molecule has 0 saturated carbocycles. The van der Waals surface area contributed by atoms with Crippen LogP contribution in [0, 0.1) is 0 Å². The Morgan fingerprint density at radius 2 is 1.47 bits per heavy atom. The molecular formula is C14H24O3Si2. The lowest BCUT2D eigenvalue weighted by atomic mass is 10.1. The van der Waals surface area contributed by atoms with Crippen LogP contribution in [-0.2, 0) is 0 Å². The van der Waals surface area contributed by atoms with Crippen molar-refractivity contribution < 1.29 is 13.6 Å². The van der Waals surface area contributed by atoms with E-state index in [1.807, 2.05) is 12.1 Å². The molecule has 0 radical (unpaired) electrons. The zero-order valence-electron chi connectivity index (χ0n) is 13.0. The molecule has 0 N–H and O–H groups in total. The SMILES string of the molecule is CC(=O)c1ccc(O[Si](C)(C)C)cc1O[Si](C)(C)C. The van der Waals surface area contributed by atoms with Gasteiger partial charge in [0.05, 0.1) is 5.56 Å². The minimum atomic E-state index is -1.75. The van der Waals surface area contributed by atoms with Gasteiger partial charge in [-0.3, -0.25) is 4.79 Å². The van der Waals surface area contributed by atoms with Gasteiger partial charge in [0.25, 0.3) is 0 Å². The second kappa shape index (κ2) is 5.50. The van der Waals surface area contributed by atoms with Gasteiger partial charge in [-0.1, -0.05) is 0 Å². The van der Waals surface area contributed by atoms with Gasteiger partial charge in [-0.25, -0.2) is 0 Å². The van der Waals surface area contributed by atoms with Crippen molar-refractivity contribution in [3.05, 3.63) is 23.8 Å². The Morgan fingerprint density at radius 1 is 0.947 bits per heavy atom. The molecule has 0 atom stereocenters. The summed E-state index contributed by atoms with van der Waals surface area (Å²) in [6, 6.07) is 5.51. The van der Waals surface area contributed by atoms with E-state index in [9.17, 15) is 4.79 Å². The molecule has 3 nitrogen and oxygen atoms in total. The first kappa shape index (κ1) is 16.0. The molecule has 0 unspecified atom stereocenters. The molecule has 0 aromatic heterocycles. The van der Waals surface area contributed by atoms with E-state index in [0.717, 1.165) is 5.75 Å². The number of hydrogen-bond acceptors (Lipinski definition) is 3. The molecular weight excluding hydrogens is 272 g/mol. The van der Waals surface area contributed by atoms with Gasteiger partial charge in [0, 0.05) is 6.07 Å². The third-order valence-electron chi connectivity index (χ3n) is 2.17. The molecule has 0 bridgehead atoms. The average molecular weight is 297 g/mol. The Hall–Kier alpha value is -1.08. The molecule has 0 heterocycles. The van der Waals surface area contributed by atoms with Gasteiger partial charge < -0.3 is 8.85 Å². The Labute approximate surface area is 118 Å². The Morgan fingerprint density at radius 3 is 1.89 bits per heavy atom. The number of benzene rings is 1. The van der Waals surface area contributed by atoms with E-state index in [0.29, 0.717) is 11.3 Å². The molecule has 19 heavy (non-hydrogen) atoms. The molecule has 0 spiro atoms. The highest BCUT2D eigenvalue weighted by Gasteiger charge is 2.22. The van der Waals surface area contributed by atoms with Gasteiger partial charge in [0.1, 0.15) is 11.5 Å². The first-order valence-corrected chi connectivity index (χ1v) is 13.3. The van der Waals surface area contributed by atoms with Crippen LogP contribution in [0.1, 0.15) is 17.3 Å². The minimum absolute atomic E-state index is 0.0211. The highest BCUT2D eigenvalue weighted by atomic mass is 28.4. The number of carbonyl (C=O) groups excluding carboxylic acids is 1. The first-order chi connectivity index (χ1) is 8.48. The molecule has 0 fully saturated rings. The molecule has 0 aliphatic rings. The molecule has 0 aliphatic carbocycles. The number of carbonyl (C=O) groups is 1. The van der Waals surface area contributed by atoms with Gasteiger partial charge in [-0.05, 0) is 58.3 Å². The zero-order chi connectivity index (χ0) is 14.8. The third-order valence-corrected chi connectivity index (χ3v) is 3.85. The van der Waals surface area contributed by atoms with Crippen molar-refractivity contribution in [1.29, 1.82) is 0 Å². The molecule has 1 aromatic rings. The summed E-state index contributed by atoms with van der Waals surface area (Å²) in [7, 11) is -3.41. The predicted molar refractivity (Wildman–Crippen MR) is 84.4 cm³/mol. The summed E-state index contributed by atoms with van der Waals surface area (Å²) in [5, 5.41) is 0. The number of Topliss-reactive ketones (excluding diaryl/α,β-unsaturated/α-hetero) is 1. The maximum atomic E-state index is 11.7. The van der Waals surface area contributed by atoms with Crippen LogP contribution >= 0.6 is 0 Å². The lowest BCUT2D eigenvalue weighted by Gasteiger charge is -2.24. The second-order valence-corrected chi connectivity index (χ2v) is 15.5. The van der Waals surface area contributed by atoms with Crippen LogP contribution in [0.4, 0.5) is 0 Å². The summed E-state index contributed by atoms with van der Waals surface area (Å²) < 4.78 is 12.0. The highest BCUT2D eigenvalue weighted by Crippen LogP contribution is 2.29. The van der Waals surface area contributed by atoms with Crippen molar-refractivity contribution in [3.63, 3.8) is 0 Å². The summed E-state index contributed by atoms with van der Waals surface area (Å²) in [6.45, 7) is 14.3. The van der Waals surface area contributed by atoms with Crippen molar-refractivity contribution >= 4 is 22.4 Å². The lowest BCUT2D eigenvalue weighted by molar-refractivity contribution is 0.101. The van der Waals surface area contributed by atoms with E-state index in [1.165, 1.54) is 0 Å². The fourth-order valence-corrected chi connectivity index (χ4v) is 3.29. The summed E-state index contributed by atoms with van der Waals surface area (Å²) >= 11 is 0. The first-order valence-electron chi connectivity index (χ1n) is 6.51. The van der Waals surface area contributed by atoms with Gasteiger partial charge in [0.15, 0.2) is 5.78 Å². The monoisotopic (exact) mass is 296 g/mol. The lowest BCUT2D eigenvalue weighted by Crippen LogP contribution is -2.31. The van der Waals surface area contributed by atoms with Gasteiger partial charge in [-0.15, -0.1) is 0 Å². The van der Waals surface area contributed by atoms with Crippen LogP contribution in [0.5, 0.6) is 11.5 Å². The standard InChI is InChI=1S/C14H24O3Si2/c1-11(15)13-9-8-12(16-18(2,3)4)10-14(13)17-19(5,6)7/h8-10H,1-7H3. The van der Waals surface area contributed by atoms with Crippen LogP contribution in [0.2, 0.25) is 39.3 Å². The minimum Gasteiger partial charge on any atom is -0.544 e. The summed E-state index contributed by atoms with van der Waals surface area (Å²) in [4.78, 5) is 11.7. The van der Waals surface area contributed by atoms with E-state index in [1.54, 1.807) is 13.0 Å². The highest BCUT2D eigenvalue weighted by molar-refractivity contribution is 6.71. The third kappa shape index (κ3) is 5.61. The number of ketones is 1. The van der Waals surface area contributed by atoms with Crippen LogP contribution in [0.3, 0.4) is 0 Å². The topological polar surface area (TPSA) is 35.5 Å². The van der Waals surface area contributed by atoms with Crippen LogP contribution < -0.4 is 8.85 Å². The fraction of sp³-hybridized carbons (Fsp3) is 0.500. The van der Waals surface area contributed by atoms with E-state index in [-0.39, 0.29) is 5.78 Å². The second-order valence-electron chi connectivity index (χ2n) is 6.64. The Kier molecular flexibility index (Phi) is 4.63. The van der Waals surface area contributed by atoms with E-state index in [4.69, 9.17) is 8.85 Å². The number of rotatable bonds is 5. The zero-order valence-corrected chi connectivity index (χ0v) is 15.0. The summed E-state index contributed by atoms with van der Waals surface area (Å²) in [6.07, 6.45) is 0. The van der Waals surface area contributed by atoms with Crippen molar-refractivity contribution in [2.75, 3.05) is 0 Å². The maximum Gasteiger partial charge on any atom is 0.242 e. The average Bonchev–Trinajstić information content (AvgIpc) is 2.11. The van der Waals surface area contributed by atoms with E-state index >= 15 is 0 Å². The number of hydrogen-bond donors (Lipinski definition) is 0. The van der Waals surface area contributed by atoms with Crippen molar-refractivity contribution in [2.24, 2.45) is 0 Å². The van der Waals surface area contributed by atoms with Gasteiger partial charge >= 0.3 is 0 Å². The largest absolute Gasteiger partial charge is 0.544 e. The van der Waals surface area contributed by atoms with Crippen LogP contribution in [0.15, 0.2) is 18.2 Å². The molecule has 0 amide bonds. The van der Waals surface area contributed by atoms with Crippen LogP contribution in [0.25, 0.3) is 0 Å². The molecule has 0 aliphatic heterocycles. The molecule has 1 rings (SSSR count). The maximum absolute atomic E-state index is 11.7. The van der Waals surface area contributed by atoms with Crippen molar-refractivity contribution in [2.45, 2.75) is 46.2 Å². The quantitative estimate of drug-likeness (QED) is 0.600. The van der Waals surface area contributed by atoms with E-state index in [2.05, 4.69) is 39.3 Å². The summed E-state index contributed by atoms with van der Waals surface area (Å²) in [5.41, 5.74) is 0.630. The Balaban J connectivity index is 3.15. The van der Waals surface area contributed by atoms with Gasteiger partial charge in [-0.2, -0.15) is 0 Å². The van der Waals surface area contributed by atoms with Crippen molar-refractivity contribution in [1.82, 2.24) is 0 Å². The molecule has 1 aromatic carbocycles. The summed E-state index contributed by atoms with van der Waals surface area (Å²) in [5.74, 6) is 1.47. The predicted octanol–water partition coefficient (Wildman–Crippen LogP) is 4.32.